The van der Waals surface area contributed by atoms with Gasteiger partial charge >= 0.3 is 0 Å². The fourth-order valence-corrected chi connectivity index (χ4v) is 1.80. The van der Waals surface area contributed by atoms with Crippen LogP contribution in [0, 0.1) is 0 Å². The summed E-state index contributed by atoms with van der Waals surface area (Å²) in [5, 5.41) is 0. The fraction of sp³-hybridized carbons (Fsp3) is 0.500. The molecule has 0 aromatic carbocycles. The maximum atomic E-state index is 10.8. The number of ether oxygens (including phenoxy) is 1. The number of rotatable bonds is 1. The van der Waals surface area contributed by atoms with Crippen LogP contribution < -0.4 is 0 Å². The standard InChI is InChI=1S/C10H12O2/c1-7(11)4-8-5-9-2-3-10(6-8)12-9/h2-4,9-10H,5-6H2,1H3. The van der Waals surface area contributed by atoms with E-state index in [0.717, 1.165) is 12.8 Å². The van der Waals surface area contributed by atoms with Crippen LogP contribution in [-0.2, 0) is 9.53 Å². The van der Waals surface area contributed by atoms with Crippen molar-refractivity contribution in [2.45, 2.75) is 32.0 Å². The Labute approximate surface area is 71.9 Å². The van der Waals surface area contributed by atoms with E-state index in [1.807, 2.05) is 0 Å². The molecule has 2 heterocycles. The quantitative estimate of drug-likeness (QED) is 0.435. The number of carbonyl (C=O) groups excluding carboxylic acids is 1. The smallest absolute Gasteiger partial charge is 0.152 e. The Morgan fingerprint density at radius 2 is 2.08 bits per heavy atom. The molecule has 0 aliphatic carbocycles. The molecule has 12 heavy (non-hydrogen) atoms. The molecule has 2 nitrogen and oxygen atoms in total. The van der Waals surface area contributed by atoms with Crippen LogP contribution in [-0.4, -0.2) is 18.0 Å². The lowest BCUT2D eigenvalue weighted by molar-refractivity contribution is -0.112. The highest BCUT2D eigenvalue weighted by Gasteiger charge is 2.26. The number of ketones is 1. The third-order valence-electron chi connectivity index (χ3n) is 2.22. The van der Waals surface area contributed by atoms with E-state index in [4.69, 9.17) is 4.74 Å². The summed E-state index contributed by atoms with van der Waals surface area (Å²) in [5.41, 5.74) is 1.23. The second-order valence-electron chi connectivity index (χ2n) is 3.42. The molecule has 2 aliphatic heterocycles. The predicted molar refractivity (Wildman–Crippen MR) is 45.8 cm³/mol. The summed E-state index contributed by atoms with van der Waals surface area (Å²) < 4.78 is 5.55. The van der Waals surface area contributed by atoms with Crippen LogP contribution >= 0.6 is 0 Å². The van der Waals surface area contributed by atoms with Crippen LogP contribution in [0.15, 0.2) is 23.8 Å². The van der Waals surface area contributed by atoms with Crippen LogP contribution in [0.1, 0.15) is 19.8 Å². The lowest BCUT2D eigenvalue weighted by Gasteiger charge is -2.22. The Morgan fingerprint density at radius 3 is 2.58 bits per heavy atom. The van der Waals surface area contributed by atoms with Crippen molar-refractivity contribution in [2.75, 3.05) is 0 Å². The zero-order chi connectivity index (χ0) is 8.55. The number of hydrogen-bond acceptors (Lipinski definition) is 2. The lowest BCUT2D eigenvalue weighted by Crippen LogP contribution is -2.20. The molecular weight excluding hydrogens is 152 g/mol. The van der Waals surface area contributed by atoms with Gasteiger partial charge in [-0.3, -0.25) is 4.79 Å². The minimum Gasteiger partial charge on any atom is -0.366 e. The first-order chi connectivity index (χ1) is 5.74. The lowest BCUT2D eigenvalue weighted by atomic mass is 10.0. The fourth-order valence-electron chi connectivity index (χ4n) is 1.80. The van der Waals surface area contributed by atoms with E-state index in [0.29, 0.717) is 0 Å². The minimum absolute atomic E-state index is 0.145. The molecule has 1 saturated heterocycles. The van der Waals surface area contributed by atoms with Crippen molar-refractivity contribution in [3.8, 4) is 0 Å². The summed E-state index contributed by atoms with van der Waals surface area (Å²) in [7, 11) is 0. The number of hydrogen-bond donors (Lipinski definition) is 0. The summed E-state index contributed by atoms with van der Waals surface area (Å²) in [6, 6.07) is 0. The highest BCUT2D eigenvalue weighted by atomic mass is 16.5. The molecule has 2 rings (SSSR count). The topological polar surface area (TPSA) is 26.3 Å². The molecule has 2 aliphatic rings. The van der Waals surface area contributed by atoms with Gasteiger partial charge in [0.05, 0.1) is 12.2 Å². The van der Waals surface area contributed by atoms with E-state index in [2.05, 4.69) is 12.2 Å². The molecule has 1 fully saturated rings. The average Bonchev–Trinajstić information content (AvgIpc) is 2.29. The van der Waals surface area contributed by atoms with Crippen molar-refractivity contribution >= 4 is 5.78 Å². The zero-order valence-electron chi connectivity index (χ0n) is 7.12. The second kappa shape index (κ2) is 2.87. The average molecular weight is 164 g/mol. The highest BCUT2D eigenvalue weighted by Crippen LogP contribution is 2.30. The summed E-state index contributed by atoms with van der Waals surface area (Å²) in [5.74, 6) is 0.145. The number of carbonyl (C=O) groups is 1. The van der Waals surface area contributed by atoms with Gasteiger partial charge in [0, 0.05) is 0 Å². The minimum atomic E-state index is 0.145. The molecule has 0 saturated carbocycles. The molecule has 0 N–H and O–H groups in total. The van der Waals surface area contributed by atoms with Crippen molar-refractivity contribution in [3.05, 3.63) is 23.8 Å². The van der Waals surface area contributed by atoms with E-state index in [9.17, 15) is 4.79 Å². The molecule has 64 valence electrons. The Bertz CT molecular complexity index is 247. The number of fused-ring (bicyclic) bond motifs is 2. The highest BCUT2D eigenvalue weighted by molar-refractivity contribution is 5.88. The van der Waals surface area contributed by atoms with Crippen LogP contribution in [0.4, 0.5) is 0 Å². The third-order valence-corrected chi connectivity index (χ3v) is 2.22. The van der Waals surface area contributed by atoms with Gasteiger partial charge in [-0.15, -0.1) is 0 Å². The molecule has 0 amide bonds. The van der Waals surface area contributed by atoms with Gasteiger partial charge < -0.3 is 4.74 Å². The molecule has 0 spiro atoms. The van der Waals surface area contributed by atoms with Crippen LogP contribution in [0.2, 0.25) is 0 Å². The van der Waals surface area contributed by atoms with Crippen LogP contribution in [0.25, 0.3) is 0 Å². The predicted octanol–water partition coefficient (Wildman–Crippen LogP) is 1.62. The van der Waals surface area contributed by atoms with Crippen molar-refractivity contribution in [2.24, 2.45) is 0 Å². The maximum absolute atomic E-state index is 10.8. The molecule has 2 unspecified atom stereocenters. The maximum Gasteiger partial charge on any atom is 0.152 e. The van der Waals surface area contributed by atoms with E-state index >= 15 is 0 Å². The van der Waals surface area contributed by atoms with Crippen LogP contribution in [0.3, 0.4) is 0 Å². The molecule has 0 aromatic heterocycles. The monoisotopic (exact) mass is 164 g/mol. The van der Waals surface area contributed by atoms with Crippen molar-refractivity contribution in [3.63, 3.8) is 0 Å². The molecule has 2 atom stereocenters. The Balaban J connectivity index is 2.10. The third kappa shape index (κ3) is 1.48. The van der Waals surface area contributed by atoms with E-state index < -0.39 is 0 Å². The first kappa shape index (κ1) is 7.74. The van der Waals surface area contributed by atoms with Gasteiger partial charge in [0.2, 0.25) is 0 Å². The second-order valence-corrected chi connectivity index (χ2v) is 3.42. The van der Waals surface area contributed by atoms with Crippen molar-refractivity contribution in [1.82, 2.24) is 0 Å². The van der Waals surface area contributed by atoms with Gasteiger partial charge in [-0.05, 0) is 25.8 Å². The summed E-state index contributed by atoms with van der Waals surface area (Å²) >= 11 is 0. The van der Waals surface area contributed by atoms with Gasteiger partial charge in [-0.2, -0.15) is 0 Å². The SMILES string of the molecule is CC(=O)C=C1CC2C=CC(C1)O2. The summed E-state index contributed by atoms with van der Waals surface area (Å²) in [4.78, 5) is 10.8. The number of allylic oxidation sites excluding steroid dienone is 1. The Morgan fingerprint density at radius 1 is 1.50 bits per heavy atom. The van der Waals surface area contributed by atoms with Crippen LogP contribution in [0.5, 0.6) is 0 Å². The summed E-state index contributed by atoms with van der Waals surface area (Å²) in [6.07, 6.45) is 8.18. The van der Waals surface area contributed by atoms with Crippen molar-refractivity contribution in [1.29, 1.82) is 0 Å². The molecule has 0 radical (unpaired) electrons. The first-order valence-electron chi connectivity index (χ1n) is 4.28. The molecular formula is C10H12O2. The first-order valence-corrected chi connectivity index (χ1v) is 4.28. The Kier molecular flexibility index (Phi) is 1.85. The van der Waals surface area contributed by atoms with Gasteiger partial charge in [0.1, 0.15) is 0 Å². The van der Waals surface area contributed by atoms with E-state index in [-0.39, 0.29) is 18.0 Å². The normalized spacial score (nSPS) is 32.2. The molecule has 0 aromatic rings. The summed E-state index contributed by atoms with van der Waals surface area (Å²) in [6.45, 7) is 1.60. The van der Waals surface area contributed by atoms with Gasteiger partial charge in [-0.1, -0.05) is 17.7 Å². The molecule has 2 heteroatoms. The largest absolute Gasteiger partial charge is 0.366 e. The van der Waals surface area contributed by atoms with E-state index in [1.165, 1.54) is 5.57 Å². The van der Waals surface area contributed by atoms with Gasteiger partial charge in [0.25, 0.3) is 0 Å². The zero-order valence-corrected chi connectivity index (χ0v) is 7.12. The Hall–Kier alpha value is -0.890. The van der Waals surface area contributed by atoms with Gasteiger partial charge in [-0.25, -0.2) is 0 Å². The van der Waals surface area contributed by atoms with Gasteiger partial charge in [0.15, 0.2) is 5.78 Å². The molecule has 2 bridgehead atoms. The van der Waals surface area contributed by atoms with E-state index in [1.54, 1.807) is 13.0 Å². The van der Waals surface area contributed by atoms with Crippen molar-refractivity contribution < 1.29 is 9.53 Å².